The van der Waals surface area contributed by atoms with Crippen molar-refractivity contribution in [2.24, 2.45) is 0 Å². The Morgan fingerprint density at radius 1 is 0.971 bits per heavy atom. The Bertz CT molecular complexity index is 1390. The van der Waals surface area contributed by atoms with Crippen LogP contribution in [0.3, 0.4) is 0 Å². The summed E-state index contributed by atoms with van der Waals surface area (Å²) in [5.41, 5.74) is 5.91. The molecular formula is C28H27N5O2. The molecule has 2 aromatic heterocycles. The van der Waals surface area contributed by atoms with Crippen molar-refractivity contribution in [3.63, 3.8) is 0 Å². The minimum atomic E-state index is -0.630. The number of rotatable bonds is 4. The lowest BCUT2D eigenvalue weighted by atomic mass is 9.94. The zero-order valence-corrected chi connectivity index (χ0v) is 20.0. The van der Waals surface area contributed by atoms with Crippen molar-refractivity contribution >= 4 is 23.2 Å². The molecule has 1 N–H and O–H groups in total. The highest BCUT2D eigenvalue weighted by Gasteiger charge is 2.36. The third kappa shape index (κ3) is 4.45. The lowest BCUT2D eigenvalue weighted by molar-refractivity contribution is -0.117. The maximum atomic E-state index is 13.8. The van der Waals surface area contributed by atoms with Gasteiger partial charge in [0.05, 0.1) is 11.3 Å². The van der Waals surface area contributed by atoms with Crippen LogP contribution in [0.1, 0.15) is 39.3 Å². The summed E-state index contributed by atoms with van der Waals surface area (Å²) in [7, 11) is 0. The van der Waals surface area contributed by atoms with Gasteiger partial charge in [-0.05, 0) is 75.6 Å². The molecule has 2 amide bonds. The van der Waals surface area contributed by atoms with Gasteiger partial charge in [0, 0.05) is 23.3 Å². The zero-order chi connectivity index (χ0) is 24.5. The second-order valence-electron chi connectivity index (χ2n) is 8.96. The quantitative estimate of drug-likeness (QED) is 0.470. The summed E-state index contributed by atoms with van der Waals surface area (Å²) >= 11 is 0. The van der Waals surface area contributed by atoms with Crippen LogP contribution in [-0.2, 0) is 11.2 Å². The van der Waals surface area contributed by atoms with E-state index in [-0.39, 0.29) is 11.8 Å². The first-order chi connectivity index (χ1) is 16.9. The van der Waals surface area contributed by atoms with E-state index in [1.165, 1.54) is 0 Å². The number of nitrogens with one attached hydrogen (secondary N) is 1. The molecule has 3 heterocycles. The van der Waals surface area contributed by atoms with Crippen LogP contribution >= 0.6 is 0 Å². The molecule has 0 saturated heterocycles. The van der Waals surface area contributed by atoms with Crippen LogP contribution in [0.15, 0.2) is 72.9 Å². The number of amides is 2. The Hall–Kier alpha value is -4.26. The van der Waals surface area contributed by atoms with Crippen molar-refractivity contribution in [3.05, 3.63) is 101 Å². The maximum absolute atomic E-state index is 13.8. The Morgan fingerprint density at radius 2 is 1.74 bits per heavy atom. The molecule has 7 nitrogen and oxygen atoms in total. The molecule has 0 spiro atoms. The van der Waals surface area contributed by atoms with Crippen molar-refractivity contribution in [1.82, 2.24) is 14.8 Å². The molecule has 1 unspecified atom stereocenters. The molecular weight excluding hydrogens is 438 g/mol. The van der Waals surface area contributed by atoms with E-state index < -0.39 is 6.04 Å². The summed E-state index contributed by atoms with van der Waals surface area (Å²) in [5, 5.41) is 7.45. The van der Waals surface area contributed by atoms with Gasteiger partial charge in [-0.3, -0.25) is 14.5 Å². The molecule has 1 aliphatic rings. The number of anilines is 2. The predicted octanol–water partition coefficient (Wildman–Crippen LogP) is 4.79. The average molecular weight is 466 g/mol. The topological polar surface area (TPSA) is 80.1 Å². The number of fused-ring (bicyclic) bond motifs is 1. The summed E-state index contributed by atoms with van der Waals surface area (Å²) in [6, 6.07) is 20.3. The molecule has 0 aliphatic carbocycles. The van der Waals surface area contributed by atoms with E-state index in [1.54, 1.807) is 27.9 Å². The van der Waals surface area contributed by atoms with Crippen molar-refractivity contribution in [2.45, 2.75) is 39.7 Å². The maximum Gasteiger partial charge on any atom is 0.260 e. The minimum absolute atomic E-state index is 0.205. The van der Waals surface area contributed by atoms with E-state index in [0.29, 0.717) is 23.5 Å². The van der Waals surface area contributed by atoms with Gasteiger partial charge in [0.1, 0.15) is 6.04 Å². The molecule has 4 aromatic rings. The van der Waals surface area contributed by atoms with E-state index in [9.17, 15) is 9.59 Å². The number of pyridine rings is 1. The molecule has 1 atom stereocenters. The van der Waals surface area contributed by atoms with Gasteiger partial charge >= 0.3 is 0 Å². The molecule has 1 aliphatic heterocycles. The summed E-state index contributed by atoms with van der Waals surface area (Å²) in [6.45, 7) is 5.89. The van der Waals surface area contributed by atoms with Crippen LogP contribution in [0.25, 0.3) is 5.82 Å². The number of nitrogens with zero attached hydrogens (tertiary/aromatic N) is 4. The molecule has 0 saturated carbocycles. The first-order valence-electron chi connectivity index (χ1n) is 11.7. The van der Waals surface area contributed by atoms with E-state index in [2.05, 4.69) is 15.4 Å². The first kappa shape index (κ1) is 22.5. The number of benzene rings is 2. The molecule has 7 heteroatoms. The van der Waals surface area contributed by atoms with Crippen LogP contribution in [0.5, 0.6) is 0 Å². The van der Waals surface area contributed by atoms with Crippen LogP contribution < -0.4 is 10.2 Å². The van der Waals surface area contributed by atoms with Crippen molar-refractivity contribution < 1.29 is 9.59 Å². The van der Waals surface area contributed by atoms with Gasteiger partial charge in [0.25, 0.3) is 5.91 Å². The third-order valence-corrected chi connectivity index (χ3v) is 6.31. The molecule has 0 radical (unpaired) electrons. The van der Waals surface area contributed by atoms with Crippen molar-refractivity contribution in [1.29, 1.82) is 0 Å². The number of aromatic nitrogens is 3. The standard InChI is InChI=1S/C28H27N5O2/c1-18-8-12-23(13-9-18)30-27(34)25-14-10-21-6-4-5-7-24(21)32(25)28(35)22-11-15-26(29-17-22)33-20(3)16-19(2)31-33/h4-9,11-13,15-17,25H,10,14H2,1-3H3,(H,30,34). The van der Waals surface area contributed by atoms with Gasteiger partial charge < -0.3 is 5.32 Å². The fourth-order valence-corrected chi connectivity index (χ4v) is 4.55. The second-order valence-corrected chi connectivity index (χ2v) is 8.96. The fourth-order valence-electron chi connectivity index (χ4n) is 4.55. The number of para-hydroxylation sites is 1. The molecule has 0 bridgehead atoms. The number of carbonyl (C=O) groups is 2. The van der Waals surface area contributed by atoms with E-state index in [1.807, 2.05) is 75.4 Å². The summed E-state index contributed by atoms with van der Waals surface area (Å²) < 4.78 is 1.75. The van der Waals surface area contributed by atoms with Gasteiger partial charge in [0.15, 0.2) is 5.82 Å². The Balaban J connectivity index is 1.46. The number of hydrogen-bond acceptors (Lipinski definition) is 4. The lowest BCUT2D eigenvalue weighted by Gasteiger charge is -2.36. The average Bonchev–Trinajstić information content (AvgIpc) is 3.22. The van der Waals surface area contributed by atoms with Crippen molar-refractivity contribution in [3.8, 4) is 5.82 Å². The zero-order valence-electron chi connectivity index (χ0n) is 20.0. The first-order valence-corrected chi connectivity index (χ1v) is 11.7. The van der Waals surface area contributed by atoms with Crippen LogP contribution in [0.2, 0.25) is 0 Å². The highest BCUT2D eigenvalue weighted by molar-refractivity contribution is 6.12. The normalized spacial score (nSPS) is 14.9. The van der Waals surface area contributed by atoms with Crippen LogP contribution in [0.4, 0.5) is 11.4 Å². The Labute approximate surface area is 204 Å². The highest BCUT2D eigenvalue weighted by Crippen LogP contribution is 2.32. The molecule has 2 aromatic carbocycles. The highest BCUT2D eigenvalue weighted by atomic mass is 16.2. The number of hydrogen-bond donors (Lipinski definition) is 1. The predicted molar refractivity (Wildman–Crippen MR) is 136 cm³/mol. The van der Waals surface area contributed by atoms with Crippen LogP contribution in [0, 0.1) is 20.8 Å². The number of carbonyl (C=O) groups excluding carboxylic acids is 2. The van der Waals surface area contributed by atoms with Crippen LogP contribution in [-0.4, -0.2) is 32.6 Å². The third-order valence-electron chi connectivity index (χ3n) is 6.31. The largest absolute Gasteiger partial charge is 0.324 e. The van der Waals surface area contributed by atoms with E-state index >= 15 is 0 Å². The lowest BCUT2D eigenvalue weighted by Crippen LogP contribution is -2.50. The Kier molecular flexibility index (Phi) is 5.91. The smallest absolute Gasteiger partial charge is 0.260 e. The Morgan fingerprint density at radius 3 is 2.43 bits per heavy atom. The fraction of sp³-hybridized carbons (Fsp3) is 0.214. The SMILES string of the molecule is Cc1ccc(NC(=O)C2CCc3ccccc3N2C(=O)c2ccc(-n3nc(C)cc3C)nc2)cc1. The van der Waals surface area contributed by atoms with Gasteiger partial charge in [-0.1, -0.05) is 35.9 Å². The number of aryl methyl sites for hydroxylation is 4. The van der Waals surface area contributed by atoms with Gasteiger partial charge in [-0.2, -0.15) is 5.10 Å². The summed E-state index contributed by atoms with van der Waals surface area (Å²) in [5.74, 6) is 0.178. The van der Waals surface area contributed by atoms with E-state index in [4.69, 9.17) is 0 Å². The van der Waals surface area contributed by atoms with Gasteiger partial charge in [-0.15, -0.1) is 0 Å². The molecule has 35 heavy (non-hydrogen) atoms. The minimum Gasteiger partial charge on any atom is -0.324 e. The molecule has 0 fully saturated rings. The van der Waals surface area contributed by atoms with E-state index in [0.717, 1.165) is 34.6 Å². The molecule has 5 rings (SSSR count). The molecule has 176 valence electrons. The summed E-state index contributed by atoms with van der Waals surface area (Å²) in [4.78, 5) is 33.2. The monoisotopic (exact) mass is 465 g/mol. The van der Waals surface area contributed by atoms with Gasteiger partial charge in [0.2, 0.25) is 5.91 Å². The summed E-state index contributed by atoms with van der Waals surface area (Å²) in [6.07, 6.45) is 2.82. The second kappa shape index (κ2) is 9.18. The van der Waals surface area contributed by atoms with Gasteiger partial charge in [-0.25, -0.2) is 9.67 Å². The van der Waals surface area contributed by atoms with Crippen molar-refractivity contribution in [2.75, 3.05) is 10.2 Å².